The number of hydrogen-bond acceptors (Lipinski definition) is 9. The van der Waals surface area contributed by atoms with E-state index in [-0.39, 0.29) is 38.7 Å². The molecule has 4 N–H and O–H groups in total. The van der Waals surface area contributed by atoms with Crippen molar-refractivity contribution in [1.82, 2.24) is 21.0 Å². The molecule has 0 radical (unpaired) electrons. The molecule has 2 fully saturated rings. The Hall–Kier alpha value is -2.41. The zero-order valence-corrected chi connectivity index (χ0v) is 20.7. The highest BCUT2D eigenvalue weighted by Crippen LogP contribution is 2.40. The van der Waals surface area contributed by atoms with Gasteiger partial charge in [0.15, 0.2) is 17.2 Å². The summed E-state index contributed by atoms with van der Waals surface area (Å²) in [6, 6.07) is 4.28. The SMILES string of the molecule is CCC(OC1CCCCO1)c1cc(Oc2c(Cl)cc(C3(C(N)=O)NOC(=O)N3)cc2Cl)nnc1Cl. The third kappa shape index (κ3) is 5.40. The first-order valence-corrected chi connectivity index (χ1v) is 11.9. The maximum Gasteiger partial charge on any atom is 0.428 e. The van der Waals surface area contributed by atoms with Crippen LogP contribution in [0.15, 0.2) is 18.2 Å². The topological polar surface area (TPSA) is 147 Å². The van der Waals surface area contributed by atoms with E-state index in [9.17, 15) is 9.59 Å². The third-order valence-corrected chi connectivity index (χ3v) is 6.37. The highest BCUT2D eigenvalue weighted by molar-refractivity contribution is 6.37. The molecule has 1 aromatic carbocycles. The molecular weight excluding hydrogens is 525 g/mol. The van der Waals surface area contributed by atoms with E-state index in [1.807, 2.05) is 6.92 Å². The average molecular weight is 547 g/mol. The molecule has 2 amide bonds. The number of halogens is 3. The molecule has 1 aromatic heterocycles. The number of amides is 2. The van der Waals surface area contributed by atoms with Crippen LogP contribution in [-0.2, 0) is 24.8 Å². The summed E-state index contributed by atoms with van der Waals surface area (Å²) in [6.07, 6.45) is 1.80. The zero-order chi connectivity index (χ0) is 25.2. The number of nitrogens with two attached hydrogens (primary N) is 1. The fraction of sp³-hybridized carbons (Fsp3) is 0.429. The molecule has 0 aliphatic carbocycles. The number of hydrogen-bond donors (Lipinski definition) is 3. The van der Waals surface area contributed by atoms with Crippen LogP contribution in [0.5, 0.6) is 11.6 Å². The first kappa shape index (κ1) is 25.7. The monoisotopic (exact) mass is 545 g/mol. The maximum absolute atomic E-state index is 12.1. The van der Waals surface area contributed by atoms with Crippen LogP contribution in [0.3, 0.4) is 0 Å². The molecule has 3 unspecified atom stereocenters. The van der Waals surface area contributed by atoms with E-state index in [1.54, 1.807) is 6.07 Å². The van der Waals surface area contributed by atoms with Gasteiger partial charge in [0, 0.05) is 23.8 Å². The number of ether oxygens (including phenoxy) is 3. The molecule has 2 saturated heterocycles. The molecule has 0 saturated carbocycles. The van der Waals surface area contributed by atoms with Gasteiger partial charge in [-0.15, -0.1) is 15.7 Å². The van der Waals surface area contributed by atoms with Crippen molar-refractivity contribution in [2.24, 2.45) is 5.73 Å². The van der Waals surface area contributed by atoms with E-state index in [0.29, 0.717) is 18.6 Å². The summed E-state index contributed by atoms with van der Waals surface area (Å²) in [5.41, 5.74) is 6.58. The minimum atomic E-state index is -1.86. The predicted octanol–water partition coefficient (Wildman–Crippen LogP) is 4.11. The lowest BCUT2D eigenvalue weighted by molar-refractivity contribution is -0.190. The molecule has 3 heterocycles. The van der Waals surface area contributed by atoms with Crippen molar-refractivity contribution in [3.05, 3.63) is 44.5 Å². The van der Waals surface area contributed by atoms with Crippen LogP contribution >= 0.6 is 34.8 Å². The molecule has 3 atom stereocenters. The standard InChI is InChI=1S/C21H22Cl3N5O6/c1-2-14(33-16-5-3-4-6-32-16)11-9-15(27-28-18(11)24)34-17-12(22)7-10(8-13(17)23)21(19(25)30)26-20(31)35-29-21/h7-9,14,16,29H,2-6H2,1H3,(H2,25,30)(H,26,31). The number of hydroxylamine groups is 1. The first-order chi connectivity index (χ1) is 16.7. The number of nitrogens with zero attached hydrogens (tertiary/aromatic N) is 2. The molecule has 0 bridgehead atoms. The van der Waals surface area contributed by atoms with Crippen LogP contribution in [0.2, 0.25) is 15.2 Å². The van der Waals surface area contributed by atoms with Crippen molar-refractivity contribution in [1.29, 1.82) is 0 Å². The fourth-order valence-electron chi connectivity index (χ4n) is 3.73. The van der Waals surface area contributed by atoms with Crippen LogP contribution in [0.4, 0.5) is 4.79 Å². The molecule has 14 heteroatoms. The smallest absolute Gasteiger partial charge is 0.428 e. The Morgan fingerprint density at radius 1 is 1.26 bits per heavy atom. The van der Waals surface area contributed by atoms with Gasteiger partial charge in [0.25, 0.3) is 5.91 Å². The Morgan fingerprint density at radius 2 is 2.00 bits per heavy atom. The van der Waals surface area contributed by atoms with E-state index in [4.69, 9.17) is 54.7 Å². The molecule has 11 nitrogen and oxygen atoms in total. The summed E-state index contributed by atoms with van der Waals surface area (Å²) >= 11 is 19.1. The van der Waals surface area contributed by atoms with Crippen molar-refractivity contribution in [2.75, 3.05) is 6.61 Å². The Balaban J connectivity index is 1.59. The summed E-state index contributed by atoms with van der Waals surface area (Å²) in [7, 11) is 0. The molecule has 35 heavy (non-hydrogen) atoms. The second-order valence-corrected chi connectivity index (χ2v) is 9.03. The second kappa shape index (κ2) is 10.7. The summed E-state index contributed by atoms with van der Waals surface area (Å²) in [5.74, 6) is -0.841. The highest BCUT2D eigenvalue weighted by atomic mass is 35.5. The average Bonchev–Trinajstić information content (AvgIpc) is 3.24. The van der Waals surface area contributed by atoms with Gasteiger partial charge in [-0.3, -0.25) is 10.1 Å². The van der Waals surface area contributed by atoms with E-state index in [1.165, 1.54) is 12.1 Å². The van der Waals surface area contributed by atoms with Gasteiger partial charge in [0.05, 0.1) is 16.1 Å². The first-order valence-electron chi connectivity index (χ1n) is 10.8. The summed E-state index contributed by atoms with van der Waals surface area (Å²) in [4.78, 5) is 28.2. The summed E-state index contributed by atoms with van der Waals surface area (Å²) in [6.45, 7) is 2.60. The van der Waals surface area contributed by atoms with E-state index in [2.05, 4.69) is 25.8 Å². The Bertz CT molecular complexity index is 1110. The fourth-order valence-corrected chi connectivity index (χ4v) is 4.51. The van der Waals surface area contributed by atoms with Gasteiger partial charge >= 0.3 is 6.09 Å². The molecule has 2 aliphatic heterocycles. The van der Waals surface area contributed by atoms with Gasteiger partial charge in [-0.05, 0) is 37.8 Å². The number of nitrogens with one attached hydrogen (secondary N) is 2. The Labute approximate surface area is 215 Å². The number of carbonyl (C=O) groups is 2. The number of carbonyl (C=O) groups excluding carboxylic acids is 2. The molecule has 2 aromatic rings. The minimum absolute atomic E-state index is 0.00766. The van der Waals surface area contributed by atoms with Crippen molar-refractivity contribution in [3.63, 3.8) is 0 Å². The van der Waals surface area contributed by atoms with E-state index in [0.717, 1.165) is 19.3 Å². The molecular formula is C21H22Cl3N5O6. The molecule has 188 valence electrons. The van der Waals surface area contributed by atoms with Crippen LogP contribution in [-0.4, -0.2) is 35.1 Å². The number of benzene rings is 1. The van der Waals surface area contributed by atoms with Crippen LogP contribution in [0.1, 0.15) is 49.8 Å². The number of rotatable bonds is 8. The van der Waals surface area contributed by atoms with Crippen molar-refractivity contribution >= 4 is 46.8 Å². The largest absolute Gasteiger partial charge is 0.434 e. The third-order valence-electron chi connectivity index (χ3n) is 5.52. The summed E-state index contributed by atoms with van der Waals surface area (Å²) < 4.78 is 17.6. The lowest BCUT2D eigenvalue weighted by Gasteiger charge is -2.27. The van der Waals surface area contributed by atoms with Crippen LogP contribution in [0.25, 0.3) is 0 Å². The van der Waals surface area contributed by atoms with Crippen LogP contribution < -0.4 is 21.3 Å². The lowest BCUT2D eigenvalue weighted by Crippen LogP contribution is -2.56. The minimum Gasteiger partial charge on any atom is -0.434 e. The predicted molar refractivity (Wildman–Crippen MR) is 125 cm³/mol. The highest BCUT2D eigenvalue weighted by Gasteiger charge is 2.47. The van der Waals surface area contributed by atoms with Gasteiger partial charge in [-0.25, -0.2) is 4.79 Å². The summed E-state index contributed by atoms with van der Waals surface area (Å²) in [5, 5.41) is 10.4. The molecule has 2 aliphatic rings. The van der Waals surface area contributed by atoms with Crippen molar-refractivity contribution in [2.45, 2.75) is 50.7 Å². The van der Waals surface area contributed by atoms with Gasteiger partial charge < -0.3 is 24.8 Å². The molecule has 4 rings (SSSR count). The zero-order valence-electron chi connectivity index (χ0n) is 18.5. The van der Waals surface area contributed by atoms with Gasteiger partial charge in [-0.2, -0.15) is 0 Å². The van der Waals surface area contributed by atoms with Crippen LogP contribution in [0, 0.1) is 0 Å². The second-order valence-electron chi connectivity index (χ2n) is 7.86. The van der Waals surface area contributed by atoms with Crippen molar-refractivity contribution < 1.29 is 28.6 Å². The van der Waals surface area contributed by atoms with Gasteiger partial charge in [-0.1, -0.05) is 41.7 Å². The normalized spacial score (nSPS) is 22.9. The van der Waals surface area contributed by atoms with Gasteiger partial charge in [0.1, 0.15) is 0 Å². The van der Waals surface area contributed by atoms with E-state index >= 15 is 0 Å². The number of primary amides is 1. The maximum atomic E-state index is 12.1. The quantitative estimate of drug-likeness (QED) is 0.445. The Morgan fingerprint density at radius 3 is 2.57 bits per heavy atom. The van der Waals surface area contributed by atoms with Gasteiger partial charge in [0.2, 0.25) is 11.5 Å². The van der Waals surface area contributed by atoms with E-state index < -0.39 is 23.8 Å². The molecule has 0 spiro atoms. The Kier molecular flexibility index (Phi) is 7.84. The number of aromatic nitrogens is 2. The lowest BCUT2D eigenvalue weighted by atomic mass is 9.99. The van der Waals surface area contributed by atoms with Crippen molar-refractivity contribution in [3.8, 4) is 11.6 Å².